The van der Waals surface area contributed by atoms with E-state index in [9.17, 15) is 0 Å². The maximum atomic E-state index is 6.67. The number of aryl methyl sites for hydroxylation is 2. The molecule has 6 rings (SSSR count). The molecule has 0 bridgehead atoms. The molecule has 3 aromatic carbocycles. The third kappa shape index (κ3) is 5.85. The first kappa shape index (κ1) is 30.9. The number of benzene rings is 3. The molecule has 0 aliphatic carbocycles. The van der Waals surface area contributed by atoms with Crippen molar-refractivity contribution in [1.29, 1.82) is 0 Å². The highest BCUT2D eigenvalue weighted by molar-refractivity contribution is 6.09. The zero-order chi connectivity index (χ0) is 32.5. The number of aromatic nitrogens is 2. The van der Waals surface area contributed by atoms with Gasteiger partial charge < -0.3 is 9.47 Å². The highest BCUT2D eigenvalue weighted by Gasteiger charge is 2.31. The fourth-order valence-corrected chi connectivity index (χ4v) is 6.05. The summed E-state index contributed by atoms with van der Waals surface area (Å²) in [6, 6.07) is 21.9. The minimum Gasteiger partial charge on any atom is -0.475 e. The third-order valence-corrected chi connectivity index (χ3v) is 9.08. The van der Waals surface area contributed by atoms with Gasteiger partial charge in [0, 0.05) is 28.6 Å². The van der Waals surface area contributed by atoms with E-state index in [1.807, 2.05) is 6.20 Å². The molecule has 3 heterocycles. The monoisotopic (exact) mass is 601 g/mol. The van der Waals surface area contributed by atoms with Crippen LogP contribution < -0.4 is 4.74 Å². The predicted octanol–water partition coefficient (Wildman–Crippen LogP) is 10.4. The maximum absolute atomic E-state index is 6.67. The molecule has 5 nitrogen and oxygen atoms in total. The summed E-state index contributed by atoms with van der Waals surface area (Å²) in [5.74, 6) is 3.18. The van der Waals surface area contributed by atoms with E-state index in [-0.39, 0.29) is 22.3 Å². The van der Waals surface area contributed by atoms with Gasteiger partial charge in [-0.15, -0.1) is 0 Å². The SMILES string of the molecule is Cc1cc(C)c(C2=N[C@H](C(C)(C)C)CO2)cc1Oc1ccc2c3cc(C(C)(C)C)ccc3n(-c3cc(C(C)(C)C)ccn3)c2c1. The summed E-state index contributed by atoms with van der Waals surface area (Å²) in [7, 11) is 0. The van der Waals surface area contributed by atoms with Crippen LogP contribution in [0.2, 0.25) is 0 Å². The zero-order valence-electron chi connectivity index (χ0n) is 28.8. The standard InChI is InChI=1S/C40H47N3O2/c1-24-18-25(2)34(22-30(24)37-42-35(23-44-37)40(9,10)11)45-28-13-14-29-31-19-26(38(3,4)5)12-15-32(31)43(33(29)21-28)36-20-27(16-17-41-36)39(6,7)8/h12-22,35H,23H2,1-11H3/t35-/m0/s1. The largest absolute Gasteiger partial charge is 0.475 e. The molecule has 1 aliphatic heterocycles. The number of rotatable bonds is 4. The number of ether oxygens (including phenoxy) is 2. The smallest absolute Gasteiger partial charge is 0.216 e. The van der Waals surface area contributed by atoms with E-state index in [4.69, 9.17) is 19.5 Å². The van der Waals surface area contributed by atoms with Crippen molar-refractivity contribution in [3.05, 3.63) is 94.7 Å². The molecule has 45 heavy (non-hydrogen) atoms. The topological polar surface area (TPSA) is 48.6 Å². The summed E-state index contributed by atoms with van der Waals surface area (Å²) in [6.45, 7) is 24.9. The second kappa shape index (κ2) is 10.8. The van der Waals surface area contributed by atoms with Gasteiger partial charge in [-0.1, -0.05) is 74.4 Å². The molecule has 234 valence electrons. The maximum Gasteiger partial charge on any atom is 0.216 e. The van der Waals surface area contributed by atoms with Crippen molar-refractivity contribution in [2.24, 2.45) is 10.4 Å². The second-order valence-corrected chi connectivity index (χ2v) is 15.8. The fraction of sp³-hybridized carbons (Fsp3) is 0.400. The molecule has 0 N–H and O–H groups in total. The van der Waals surface area contributed by atoms with Crippen molar-refractivity contribution in [2.45, 2.75) is 93.0 Å². The van der Waals surface area contributed by atoms with Crippen molar-refractivity contribution in [3.8, 4) is 17.3 Å². The molecule has 0 amide bonds. The van der Waals surface area contributed by atoms with Crippen LogP contribution in [-0.4, -0.2) is 28.1 Å². The van der Waals surface area contributed by atoms with Crippen LogP contribution in [0.3, 0.4) is 0 Å². The van der Waals surface area contributed by atoms with Gasteiger partial charge in [0.1, 0.15) is 23.9 Å². The lowest BCUT2D eigenvalue weighted by Crippen LogP contribution is -2.25. The minimum atomic E-state index is 0.00499. The quantitative estimate of drug-likeness (QED) is 0.206. The Morgan fingerprint density at radius 3 is 2.11 bits per heavy atom. The third-order valence-electron chi connectivity index (χ3n) is 9.08. The molecular weight excluding hydrogens is 554 g/mol. The molecule has 1 atom stereocenters. The highest BCUT2D eigenvalue weighted by Crippen LogP contribution is 2.39. The van der Waals surface area contributed by atoms with Crippen LogP contribution in [-0.2, 0) is 15.6 Å². The molecular formula is C40H47N3O2. The minimum absolute atomic E-state index is 0.00499. The van der Waals surface area contributed by atoms with Crippen molar-refractivity contribution in [2.75, 3.05) is 6.61 Å². The lowest BCUT2D eigenvalue weighted by atomic mass is 9.86. The second-order valence-electron chi connectivity index (χ2n) is 15.8. The Morgan fingerprint density at radius 1 is 0.733 bits per heavy atom. The summed E-state index contributed by atoms with van der Waals surface area (Å²) in [5.41, 5.74) is 8.01. The Kier molecular flexibility index (Phi) is 7.38. The average molecular weight is 602 g/mol. The van der Waals surface area contributed by atoms with Crippen LogP contribution in [0.4, 0.5) is 0 Å². The van der Waals surface area contributed by atoms with E-state index in [1.54, 1.807) is 0 Å². The number of aliphatic imine (C=N–C) groups is 1. The Hall–Kier alpha value is -4.12. The first-order valence-electron chi connectivity index (χ1n) is 16.1. The Morgan fingerprint density at radius 2 is 1.44 bits per heavy atom. The van der Waals surface area contributed by atoms with E-state index in [1.165, 1.54) is 21.9 Å². The van der Waals surface area contributed by atoms with E-state index in [2.05, 4.69) is 141 Å². The lowest BCUT2D eigenvalue weighted by Gasteiger charge is -2.21. The van der Waals surface area contributed by atoms with Crippen molar-refractivity contribution >= 4 is 27.7 Å². The number of pyridine rings is 1. The van der Waals surface area contributed by atoms with Crippen molar-refractivity contribution in [3.63, 3.8) is 0 Å². The summed E-state index contributed by atoms with van der Waals surface area (Å²) in [6.07, 6.45) is 1.92. The zero-order valence-corrected chi connectivity index (χ0v) is 28.8. The van der Waals surface area contributed by atoms with E-state index >= 15 is 0 Å². The van der Waals surface area contributed by atoms with E-state index in [0.717, 1.165) is 45.0 Å². The predicted molar refractivity (Wildman–Crippen MR) is 188 cm³/mol. The molecule has 0 fully saturated rings. The van der Waals surface area contributed by atoms with Gasteiger partial charge in [0.25, 0.3) is 0 Å². The Labute approximate surface area is 268 Å². The molecule has 5 heteroatoms. The highest BCUT2D eigenvalue weighted by atomic mass is 16.5. The van der Waals surface area contributed by atoms with Gasteiger partial charge in [0.2, 0.25) is 5.90 Å². The van der Waals surface area contributed by atoms with Gasteiger partial charge >= 0.3 is 0 Å². The van der Waals surface area contributed by atoms with Crippen LogP contribution in [0, 0.1) is 19.3 Å². The number of nitrogens with zero attached hydrogens (tertiary/aromatic N) is 3. The Balaban J connectivity index is 1.49. The summed E-state index contributed by atoms with van der Waals surface area (Å²) < 4.78 is 15.1. The number of fused-ring (bicyclic) bond motifs is 3. The van der Waals surface area contributed by atoms with Gasteiger partial charge in [-0.25, -0.2) is 9.98 Å². The molecule has 1 aliphatic rings. The Bertz CT molecular complexity index is 1960. The number of hydrogen-bond donors (Lipinski definition) is 0. The van der Waals surface area contributed by atoms with Gasteiger partial charge in [0.15, 0.2) is 0 Å². The summed E-state index contributed by atoms with van der Waals surface area (Å²) in [5, 5.41) is 2.39. The first-order valence-corrected chi connectivity index (χ1v) is 16.1. The fourth-order valence-electron chi connectivity index (χ4n) is 6.05. The van der Waals surface area contributed by atoms with Crippen LogP contribution in [0.15, 0.2) is 71.9 Å². The van der Waals surface area contributed by atoms with Gasteiger partial charge in [0.05, 0.1) is 17.1 Å². The molecule has 2 aromatic heterocycles. The summed E-state index contributed by atoms with van der Waals surface area (Å²) in [4.78, 5) is 9.83. The van der Waals surface area contributed by atoms with E-state index < -0.39 is 0 Å². The van der Waals surface area contributed by atoms with Crippen molar-refractivity contribution in [1.82, 2.24) is 9.55 Å². The van der Waals surface area contributed by atoms with Gasteiger partial charge in [-0.2, -0.15) is 0 Å². The van der Waals surface area contributed by atoms with Gasteiger partial charge in [-0.3, -0.25) is 4.57 Å². The average Bonchev–Trinajstić information content (AvgIpc) is 3.57. The summed E-state index contributed by atoms with van der Waals surface area (Å²) >= 11 is 0. The van der Waals surface area contributed by atoms with Crippen LogP contribution in [0.25, 0.3) is 27.6 Å². The van der Waals surface area contributed by atoms with Crippen molar-refractivity contribution < 1.29 is 9.47 Å². The molecule has 0 saturated carbocycles. The normalized spacial score (nSPS) is 15.9. The lowest BCUT2D eigenvalue weighted by molar-refractivity contribution is 0.236. The van der Waals surface area contributed by atoms with E-state index in [0.29, 0.717) is 12.5 Å². The molecule has 0 spiro atoms. The van der Waals surface area contributed by atoms with Crippen LogP contribution >= 0.6 is 0 Å². The molecule has 0 radical (unpaired) electrons. The first-order chi connectivity index (χ1) is 21.0. The molecule has 0 unspecified atom stereocenters. The van der Waals surface area contributed by atoms with Crippen LogP contribution in [0.1, 0.15) is 90.1 Å². The molecule has 5 aromatic rings. The van der Waals surface area contributed by atoms with Gasteiger partial charge in [-0.05, 0) is 94.8 Å². The number of hydrogen-bond acceptors (Lipinski definition) is 4. The molecule has 0 saturated heterocycles. The van der Waals surface area contributed by atoms with Crippen LogP contribution in [0.5, 0.6) is 11.5 Å².